The Kier molecular flexibility index (Phi) is 7.70. The molecule has 2 aromatic rings. The number of ether oxygens (including phenoxy) is 2. The van der Waals surface area contributed by atoms with Crippen molar-refractivity contribution in [2.45, 2.75) is 24.2 Å². The molecule has 9 nitrogen and oxygen atoms in total. The van der Waals surface area contributed by atoms with Gasteiger partial charge in [-0.2, -0.15) is 0 Å². The van der Waals surface area contributed by atoms with E-state index in [1.54, 1.807) is 4.90 Å². The molecule has 3 N–H and O–H groups in total. The fourth-order valence-electron chi connectivity index (χ4n) is 3.55. The molecule has 0 radical (unpaired) electrons. The van der Waals surface area contributed by atoms with E-state index < -0.39 is 15.9 Å². The number of nitrogens with two attached hydrogens (primary N) is 1. The van der Waals surface area contributed by atoms with Crippen molar-refractivity contribution in [3.05, 3.63) is 48.5 Å². The van der Waals surface area contributed by atoms with E-state index in [2.05, 4.69) is 5.32 Å². The van der Waals surface area contributed by atoms with Crippen LogP contribution < -0.4 is 19.9 Å². The molecule has 32 heavy (non-hydrogen) atoms. The second-order valence-electron chi connectivity index (χ2n) is 7.49. The average Bonchev–Trinajstić information content (AvgIpc) is 2.79. The van der Waals surface area contributed by atoms with Crippen molar-refractivity contribution in [1.29, 1.82) is 0 Å². The van der Waals surface area contributed by atoms with Gasteiger partial charge >= 0.3 is 0 Å². The smallest absolute Gasteiger partial charge is 0.238 e. The van der Waals surface area contributed by atoms with E-state index in [0.717, 1.165) is 0 Å². The van der Waals surface area contributed by atoms with Crippen LogP contribution >= 0.6 is 0 Å². The molecule has 0 saturated carbocycles. The molecule has 1 aliphatic rings. The van der Waals surface area contributed by atoms with Crippen LogP contribution in [0.1, 0.15) is 19.3 Å². The van der Waals surface area contributed by atoms with E-state index in [9.17, 15) is 18.0 Å². The van der Waals surface area contributed by atoms with Gasteiger partial charge in [0.15, 0.2) is 0 Å². The second kappa shape index (κ2) is 10.5. The van der Waals surface area contributed by atoms with Gasteiger partial charge in [0.05, 0.1) is 36.6 Å². The van der Waals surface area contributed by atoms with Gasteiger partial charge in [0.1, 0.15) is 11.5 Å². The third-order valence-corrected chi connectivity index (χ3v) is 6.14. The predicted octanol–water partition coefficient (Wildman–Crippen LogP) is 1.99. The molecule has 0 spiro atoms. The summed E-state index contributed by atoms with van der Waals surface area (Å²) in [4.78, 5) is 27.0. The predicted molar refractivity (Wildman–Crippen MR) is 119 cm³/mol. The molecule has 1 atom stereocenters. The molecule has 1 aliphatic heterocycles. The molecular weight excluding hydrogens is 434 g/mol. The number of carbonyl (C=O) groups is 2. The van der Waals surface area contributed by atoms with E-state index in [0.29, 0.717) is 30.9 Å². The number of sulfonamides is 1. The Morgan fingerprint density at radius 3 is 2.62 bits per heavy atom. The van der Waals surface area contributed by atoms with Gasteiger partial charge in [-0.05, 0) is 43.2 Å². The summed E-state index contributed by atoms with van der Waals surface area (Å²) in [7, 11) is -2.51. The van der Waals surface area contributed by atoms with E-state index >= 15 is 0 Å². The zero-order valence-electron chi connectivity index (χ0n) is 17.8. The summed E-state index contributed by atoms with van der Waals surface area (Å²) in [5.74, 6) is 0.199. The van der Waals surface area contributed by atoms with E-state index in [1.165, 1.54) is 25.3 Å². The van der Waals surface area contributed by atoms with E-state index in [4.69, 9.17) is 14.6 Å². The zero-order chi connectivity index (χ0) is 23.1. The summed E-state index contributed by atoms with van der Waals surface area (Å²) in [5.41, 5.74) is 0.212. The standard InChI is InChI=1S/C22H27N3O6S/c1-30-20-10-9-18(32(23,28)29)14-19(20)24-22(27)16-6-5-12-25(15-16)21(26)11-13-31-17-7-3-2-4-8-17/h2-4,7-10,14,16H,5-6,11-13,15H2,1H3,(H,24,27)(H2,23,28,29). The van der Waals surface area contributed by atoms with Crippen molar-refractivity contribution in [3.63, 3.8) is 0 Å². The van der Waals surface area contributed by atoms with Crippen LogP contribution in [0.5, 0.6) is 11.5 Å². The number of para-hydroxylation sites is 1. The van der Waals surface area contributed by atoms with Gasteiger partial charge in [-0.25, -0.2) is 13.6 Å². The normalized spacial score (nSPS) is 16.3. The maximum Gasteiger partial charge on any atom is 0.238 e. The molecule has 2 aromatic carbocycles. The van der Waals surface area contributed by atoms with E-state index in [1.807, 2.05) is 30.3 Å². The first-order valence-electron chi connectivity index (χ1n) is 10.3. The lowest BCUT2D eigenvalue weighted by Crippen LogP contribution is -2.44. The Balaban J connectivity index is 1.59. The summed E-state index contributed by atoms with van der Waals surface area (Å²) in [6.45, 7) is 1.12. The van der Waals surface area contributed by atoms with Crippen LogP contribution in [0, 0.1) is 5.92 Å². The number of carbonyl (C=O) groups excluding carboxylic acids is 2. The summed E-state index contributed by atoms with van der Waals surface area (Å²) in [6.07, 6.45) is 1.53. The number of anilines is 1. The molecule has 2 amide bonds. The van der Waals surface area contributed by atoms with Crippen molar-refractivity contribution < 1.29 is 27.5 Å². The van der Waals surface area contributed by atoms with Crippen molar-refractivity contribution >= 4 is 27.5 Å². The van der Waals surface area contributed by atoms with Crippen LogP contribution in [0.15, 0.2) is 53.4 Å². The van der Waals surface area contributed by atoms with Crippen LogP contribution in [0.2, 0.25) is 0 Å². The van der Waals surface area contributed by atoms with Crippen molar-refractivity contribution in [2.24, 2.45) is 11.1 Å². The summed E-state index contributed by atoms with van der Waals surface area (Å²) in [5, 5.41) is 7.90. The Bertz CT molecular complexity index is 1060. The quantitative estimate of drug-likeness (QED) is 0.619. The summed E-state index contributed by atoms with van der Waals surface area (Å²) < 4.78 is 34.1. The second-order valence-corrected chi connectivity index (χ2v) is 9.05. The SMILES string of the molecule is COc1ccc(S(N)(=O)=O)cc1NC(=O)C1CCCN(C(=O)CCOc2ccccc2)C1. The summed E-state index contributed by atoms with van der Waals surface area (Å²) >= 11 is 0. The fourth-order valence-corrected chi connectivity index (χ4v) is 4.09. The maximum absolute atomic E-state index is 12.9. The largest absolute Gasteiger partial charge is 0.495 e. The number of piperidine rings is 1. The molecule has 0 aromatic heterocycles. The number of hydrogen-bond acceptors (Lipinski definition) is 6. The number of rotatable bonds is 8. The minimum Gasteiger partial charge on any atom is -0.495 e. The lowest BCUT2D eigenvalue weighted by Gasteiger charge is -2.32. The molecule has 0 bridgehead atoms. The van der Waals surface area contributed by atoms with Gasteiger partial charge in [0, 0.05) is 13.1 Å². The molecule has 3 rings (SSSR count). The van der Waals surface area contributed by atoms with Gasteiger partial charge in [0.2, 0.25) is 21.8 Å². The van der Waals surface area contributed by atoms with Crippen LogP contribution in [-0.2, 0) is 19.6 Å². The third kappa shape index (κ3) is 6.21. The number of benzene rings is 2. The Hall–Kier alpha value is -3.11. The van der Waals surface area contributed by atoms with Crippen LogP contribution in [0.4, 0.5) is 5.69 Å². The number of nitrogens with zero attached hydrogens (tertiary/aromatic N) is 1. The molecule has 1 heterocycles. The Morgan fingerprint density at radius 2 is 1.94 bits per heavy atom. The molecule has 0 aliphatic carbocycles. The average molecular weight is 462 g/mol. The van der Waals surface area contributed by atoms with Crippen LogP contribution in [0.25, 0.3) is 0 Å². The highest BCUT2D eigenvalue weighted by molar-refractivity contribution is 7.89. The van der Waals surface area contributed by atoms with Crippen molar-refractivity contribution in [1.82, 2.24) is 4.90 Å². The van der Waals surface area contributed by atoms with Gasteiger partial charge < -0.3 is 19.7 Å². The lowest BCUT2D eigenvalue weighted by molar-refractivity contribution is -0.135. The first kappa shape index (κ1) is 23.6. The van der Waals surface area contributed by atoms with Gasteiger partial charge in [-0.3, -0.25) is 9.59 Å². The number of likely N-dealkylation sites (tertiary alicyclic amines) is 1. The highest BCUT2D eigenvalue weighted by Crippen LogP contribution is 2.28. The van der Waals surface area contributed by atoms with Gasteiger partial charge in [-0.1, -0.05) is 18.2 Å². The molecule has 172 valence electrons. The van der Waals surface area contributed by atoms with Gasteiger partial charge in [0.25, 0.3) is 0 Å². The highest BCUT2D eigenvalue weighted by Gasteiger charge is 2.29. The molecule has 1 fully saturated rings. The fraction of sp³-hybridized carbons (Fsp3) is 0.364. The molecule has 10 heteroatoms. The minimum atomic E-state index is -3.93. The first-order chi connectivity index (χ1) is 15.3. The minimum absolute atomic E-state index is 0.0766. The Labute approximate surface area is 187 Å². The number of amides is 2. The monoisotopic (exact) mass is 461 g/mol. The highest BCUT2D eigenvalue weighted by atomic mass is 32.2. The van der Waals surface area contributed by atoms with E-state index in [-0.39, 0.29) is 42.0 Å². The lowest BCUT2D eigenvalue weighted by atomic mass is 9.96. The van der Waals surface area contributed by atoms with Crippen molar-refractivity contribution in [2.75, 3.05) is 32.1 Å². The Morgan fingerprint density at radius 1 is 1.19 bits per heavy atom. The number of primary sulfonamides is 1. The summed E-state index contributed by atoms with van der Waals surface area (Å²) in [6, 6.07) is 13.3. The van der Waals surface area contributed by atoms with Crippen molar-refractivity contribution in [3.8, 4) is 11.5 Å². The molecule has 1 unspecified atom stereocenters. The number of hydrogen-bond donors (Lipinski definition) is 2. The third-order valence-electron chi connectivity index (χ3n) is 5.23. The number of methoxy groups -OCH3 is 1. The maximum atomic E-state index is 12.9. The van der Waals surface area contributed by atoms with Crippen LogP contribution in [0.3, 0.4) is 0 Å². The molecule has 1 saturated heterocycles. The topological polar surface area (TPSA) is 128 Å². The van der Waals surface area contributed by atoms with Crippen LogP contribution in [-0.4, -0.2) is 51.9 Å². The number of nitrogens with one attached hydrogen (secondary N) is 1. The molecular formula is C22H27N3O6S. The first-order valence-corrected chi connectivity index (χ1v) is 11.8. The zero-order valence-corrected chi connectivity index (χ0v) is 18.6. The van der Waals surface area contributed by atoms with Gasteiger partial charge in [-0.15, -0.1) is 0 Å².